The summed E-state index contributed by atoms with van der Waals surface area (Å²) in [6.07, 6.45) is 1.07. The van der Waals surface area contributed by atoms with Crippen LogP contribution in [0.4, 0.5) is 9.59 Å². The summed E-state index contributed by atoms with van der Waals surface area (Å²) in [5.74, 6) is 0.680. The lowest BCUT2D eigenvalue weighted by atomic mass is 10.4. The molecular formula is C14H22N4O3S2. The van der Waals surface area contributed by atoms with Crippen molar-refractivity contribution in [3.8, 4) is 0 Å². The fraction of sp³-hybridized carbons (Fsp3) is 0.571. The Morgan fingerprint density at radius 1 is 1.48 bits per heavy atom. The standard InChI is InChI=1S/C14H22N4O3S2/c1-6-7-8-21-14(20)18-12(15-11(19)17(4)5)23-13(16-18)22-9-10(2)3/h2,6-9H2,1,3-5H3. The number of urea groups is 1. The van der Waals surface area contributed by atoms with Gasteiger partial charge in [-0.05, 0) is 13.3 Å². The van der Waals surface area contributed by atoms with Gasteiger partial charge in [0, 0.05) is 19.8 Å². The first-order valence-corrected chi connectivity index (χ1v) is 8.95. The van der Waals surface area contributed by atoms with Crippen LogP contribution in [-0.4, -0.2) is 53.3 Å². The molecule has 7 nitrogen and oxygen atoms in total. The van der Waals surface area contributed by atoms with Gasteiger partial charge in [-0.15, -0.1) is 9.78 Å². The van der Waals surface area contributed by atoms with Crippen LogP contribution in [0.25, 0.3) is 0 Å². The summed E-state index contributed by atoms with van der Waals surface area (Å²) in [7, 11) is 3.18. The highest BCUT2D eigenvalue weighted by molar-refractivity contribution is 8.01. The van der Waals surface area contributed by atoms with E-state index in [1.807, 2.05) is 13.8 Å². The van der Waals surface area contributed by atoms with Gasteiger partial charge in [0.15, 0.2) is 4.34 Å². The van der Waals surface area contributed by atoms with E-state index in [0.29, 0.717) is 16.7 Å². The van der Waals surface area contributed by atoms with E-state index in [0.717, 1.165) is 23.1 Å². The maximum absolute atomic E-state index is 12.1. The number of rotatable bonds is 6. The number of hydrogen-bond acceptors (Lipinski definition) is 6. The second kappa shape index (κ2) is 9.51. The number of thioether (sulfide) groups is 1. The summed E-state index contributed by atoms with van der Waals surface area (Å²) in [6, 6.07) is -0.458. The number of ether oxygens (including phenoxy) is 1. The molecule has 9 heteroatoms. The summed E-state index contributed by atoms with van der Waals surface area (Å²) in [6.45, 7) is 8.06. The monoisotopic (exact) mass is 358 g/mol. The molecule has 0 aliphatic heterocycles. The molecule has 0 spiro atoms. The Morgan fingerprint density at radius 3 is 2.74 bits per heavy atom. The van der Waals surface area contributed by atoms with E-state index in [9.17, 15) is 9.59 Å². The van der Waals surface area contributed by atoms with Crippen molar-refractivity contribution in [1.29, 1.82) is 0 Å². The Kier molecular flexibility index (Phi) is 8.04. The summed E-state index contributed by atoms with van der Waals surface area (Å²) in [4.78, 5) is 29.3. The smallest absolute Gasteiger partial charge is 0.437 e. The van der Waals surface area contributed by atoms with Gasteiger partial charge in [-0.25, -0.2) is 9.59 Å². The van der Waals surface area contributed by atoms with E-state index < -0.39 is 12.1 Å². The first kappa shape index (κ1) is 19.4. The topological polar surface area (TPSA) is 76.8 Å². The highest BCUT2D eigenvalue weighted by atomic mass is 32.2. The number of hydrogen-bond donors (Lipinski definition) is 0. The molecule has 0 fully saturated rings. The molecule has 0 aliphatic rings. The minimum Gasteiger partial charge on any atom is -0.448 e. The molecule has 0 bridgehead atoms. The zero-order valence-electron chi connectivity index (χ0n) is 13.9. The van der Waals surface area contributed by atoms with Gasteiger partial charge in [0.2, 0.25) is 4.80 Å². The van der Waals surface area contributed by atoms with Crippen molar-refractivity contribution in [1.82, 2.24) is 14.7 Å². The number of amides is 2. The zero-order valence-corrected chi connectivity index (χ0v) is 15.5. The van der Waals surface area contributed by atoms with Crippen LogP contribution in [-0.2, 0) is 4.74 Å². The zero-order chi connectivity index (χ0) is 17.4. The Balaban J connectivity index is 3.06. The molecule has 0 aliphatic carbocycles. The summed E-state index contributed by atoms with van der Waals surface area (Å²) >= 11 is 2.61. The van der Waals surface area contributed by atoms with E-state index in [-0.39, 0.29) is 4.80 Å². The largest absolute Gasteiger partial charge is 0.448 e. The van der Waals surface area contributed by atoms with Gasteiger partial charge in [0.25, 0.3) is 0 Å². The van der Waals surface area contributed by atoms with Crippen LogP contribution in [0.2, 0.25) is 0 Å². The normalized spacial score (nSPS) is 11.4. The number of carbonyl (C=O) groups excluding carboxylic acids is 2. The minimum absolute atomic E-state index is 0.203. The molecule has 1 rings (SSSR count). The number of nitrogens with zero attached hydrogens (tertiary/aromatic N) is 4. The summed E-state index contributed by atoms with van der Waals surface area (Å²) < 4.78 is 6.82. The van der Waals surface area contributed by atoms with E-state index in [4.69, 9.17) is 4.74 Å². The molecule has 0 atom stereocenters. The lowest BCUT2D eigenvalue weighted by molar-refractivity contribution is 0.141. The molecule has 0 aromatic carbocycles. The van der Waals surface area contributed by atoms with Crippen molar-refractivity contribution in [3.05, 3.63) is 17.0 Å². The van der Waals surface area contributed by atoms with Crippen molar-refractivity contribution in [2.45, 2.75) is 31.0 Å². The lowest BCUT2D eigenvalue weighted by Gasteiger charge is -2.04. The molecule has 0 N–H and O–H groups in total. The van der Waals surface area contributed by atoms with E-state index in [1.165, 1.54) is 28.0 Å². The van der Waals surface area contributed by atoms with Crippen LogP contribution in [0.3, 0.4) is 0 Å². The molecular weight excluding hydrogens is 336 g/mol. The third-order valence-corrected chi connectivity index (χ3v) is 4.73. The molecule has 0 saturated heterocycles. The van der Waals surface area contributed by atoms with Crippen molar-refractivity contribution >= 4 is 35.2 Å². The van der Waals surface area contributed by atoms with E-state index in [1.54, 1.807) is 14.1 Å². The molecule has 0 saturated carbocycles. The van der Waals surface area contributed by atoms with Crippen molar-refractivity contribution in [2.24, 2.45) is 4.99 Å². The predicted molar refractivity (Wildman–Crippen MR) is 91.9 cm³/mol. The van der Waals surface area contributed by atoms with Crippen LogP contribution in [0, 0.1) is 0 Å². The molecule has 1 heterocycles. The van der Waals surface area contributed by atoms with Crippen molar-refractivity contribution in [3.63, 3.8) is 0 Å². The Labute approximate surface area is 144 Å². The van der Waals surface area contributed by atoms with E-state index in [2.05, 4.69) is 16.7 Å². The molecule has 1 aromatic rings. The van der Waals surface area contributed by atoms with Crippen LogP contribution in [0.1, 0.15) is 26.7 Å². The molecule has 23 heavy (non-hydrogen) atoms. The van der Waals surface area contributed by atoms with Crippen LogP contribution >= 0.6 is 23.1 Å². The molecule has 2 amide bonds. The fourth-order valence-electron chi connectivity index (χ4n) is 1.25. The van der Waals surface area contributed by atoms with Gasteiger partial charge < -0.3 is 9.64 Å². The van der Waals surface area contributed by atoms with Gasteiger partial charge in [-0.3, -0.25) is 0 Å². The van der Waals surface area contributed by atoms with Gasteiger partial charge in [-0.1, -0.05) is 48.6 Å². The number of unbranched alkanes of at least 4 members (excludes halogenated alkanes) is 1. The first-order chi connectivity index (χ1) is 10.8. The Hall–Kier alpha value is -1.61. The van der Waals surface area contributed by atoms with Crippen LogP contribution in [0.15, 0.2) is 21.5 Å². The van der Waals surface area contributed by atoms with Crippen LogP contribution < -0.4 is 4.80 Å². The Bertz CT molecular complexity index is 634. The maximum atomic E-state index is 12.1. The molecule has 0 unspecified atom stereocenters. The fourth-order valence-corrected chi connectivity index (χ4v) is 2.99. The maximum Gasteiger partial charge on any atom is 0.437 e. The molecule has 128 valence electrons. The average molecular weight is 358 g/mol. The second-order valence-electron chi connectivity index (χ2n) is 5.06. The van der Waals surface area contributed by atoms with Gasteiger partial charge in [0.05, 0.1) is 6.61 Å². The second-order valence-corrected chi connectivity index (χ2v) is 7.24. The third kappa shape index (κ3) is 6.57. The summed E-state index contributed by atoms with van der Waals surface area (Å²) in [5, 5.41) is 4.19. The molecule has 1 aromatic heterocycles. The van der Waals surface area contributed by atoms with Crippen LogP contribution in [0.5, 0.6) is 0 Å². The highest BCUT2D eigenvalue weighted by Gasteiger charge is 2.15. The first-order valence-electron chi connectivity index (χ1n) is 7.15. The predicted octanol–water partition coefficient (Wildman–Crippen LogP) is 2.98. The lowest BCUT2D eigenvalue weighted by Crippen LogP contribution is -2.29. The van der Waals surface area contributed by atoms with Crippen molar-refractivity contribution < 1.29 is 14.3 Å². The Morgan fingerprint density at radius 2 is 2.17 bits per heavy atom. The third-order valence-electron chi connectivity index (χ3n) is 2.45. The van der Waals surface area contributed by atoms with Gasteiger partial charge in [-0.2, -0.15) is 4.99 Å². The van der Waals surface area contributed by atoms with Crippen molar-refractivity contribution in [2.75, 3.05) is 26.5 Å². The number of carbonyl (C=O) groups is 2. The van der Waals surface area contributed by atoms with E-state index >= 15 is 0 Å². The SMILES string of the molecule is C=C(C)CSc1nn(C(=O)OCCCC)c(=NC(=O)N(C)C)s1. The number of aromatic nitrogens is 2. The summed E-state index contributed by atoms with van der Waals surface area (Å²) in [5.41, 5.74) is 0.991. The minimum atomic E-state index is -0.623. The quantitative estimate of drug-likeness (QED) is 0.444. The van der Waals surface area contributed by atoms with Gasteiger partial charge >= 0.3 is 12.1 Å². The molecule has 0 radical (unpaired) electrons. The van der Waals surface area contributed by atoms with Gasteiger partial charge in [0.1, 0.15) is 0 Å². The highest BCUT2D eigenvalue weighted by Crippen LogP contribution is 2.19. The average Bonchev–Trinajstić information content (AvgIpc) is 2.88.